The maximum atomic E-state index is 5.42. The monoisotopic (exact) mass is 341 g/mol. The molecule has 5 heteroatoms. The largest absolute Gasteiger partial charge is 0.332 e. The number of nitrogens with zero attached hydrogens (tertiary/aromatic N) is 1. The summed E-state index contributed by atoms with van der Waals surface area (Å²) in [5.41, 5.74) is 6.93. The van der Waals surface area contributed by atoms with Gasteiger partial charge in [0.1, 0.15) is 0 Å². The first-order valence-corrected chi connectivity index (χ1v) is 8.68. The van der Waals surface area contributed by atoms with Crippen molar-refractivity contribution in [3.8, 4) is 0 Å². The molecule has 0 atom stereocenters. The molecule has 1 aromatic heterocycles. The van der Waals surface area contributed by atoms with Crippen LogP contribution in [0.25, 0.3) is 10.2 Å². The minimum atomic E-state index is 0.561. The van der Waals surface area contributed by atoms with E-state index in [0.717, 1.165) is 21.9 Å². The van der Waals surface area contributed by atoms with Crippen LogP contribution >= 0.6 is 23.6 Å². The third-order valence-electron chi connectivity index (χ3n) is 3.87. The van der Waals surface area contributed by atoms with E-state index in [4.69, 9.17) is 12.2 Å². The van der Waals surface area contributed by atoms with Crippen LogP contribution in [0.5, 0.6) is 0 Å². The van der Waals surface area contributed by atoms with Crippen LogP contribution in [0.2, 0.25) is 0 Å². The molecule has 3 aromatic rings. The third kappa shape index (κ3) is 3.51. The molecule has 2 aromatic carbocycles. The Bertz CT molecular complexity index is 858. The van der Waals surface area contributed by atoms with E-state index >= 15 is 0 Å². The average Bonchev–Trinajstić information content (AvgIpc) is 2.84. The molecule has 0 radical (unpaired) electrons. The molecule has 3 nitrogen and oxygen atoms in total. The third-order valence-corrected chi connectivity index (χ3v) is 5.00. The summed E-state index contributed by atoms with van der Waals surface area (Å²) < 4.78 is 1.17. The quantitative estimate of drug-likeness (QED) is 0.617. The summed E-state index contributed by atoms with van der Waals surface area (Å²) in [6.45, 7) is 8.36. The second kappa shape index (κ2) is 6.26. The average molecular weight is 342 g/mol. The van der Waals surface area contributed by atoms with Crippen LogP contribution in [-0.4, -0.2) is 10.1 Å². The summed E-state index contributed by atoms with van der Waals surface area (Å²) in [5.74, 6) is 0. The van der Waals surface area contributed by atoms with Gasteiger partial charge in [-0.25, -0.2) is 4.98 Å². The summed E-state index contributed by atoms with van der Waals surface area (Å²) >= 11 is 7.04. The van der Waals surface area contributed by atoms with E-state index in [1.807, 2.05) is 0 Å². The van der Waals surface area contributed by atoms with Crippen molar-refractivity contribution in [3.63, 3.8) is 0 Å². The smallest absolute Gasteiger partial charge is 0.190 e. The fraction of sp³-hybridized carbons (Fsp3) is 0.222. The fourth-order valence-electron chi connectivity index (χ4n) is 2.35. The molecule has 118 valence electrons. The van der Waals surface area contributed by atoms with E-state index in [-0.39, 0.29) is 0 Å². The normalized spacial score (nSPS) is 10.8. The summed E-state index contributed by atoms with van der Waals surface area (Å²) in [6.07, 6.45) is 0. The highest BCUT2D eigenvalue weighted by molar-refractivity contribution is 7.80. The first-order chi connectivity index (χ1) is 10.9. The molecule has 0 bridgehead atoms. The number of hydrogen-bond donors (Lipinski definition) is 2. The predicted molar refractivity (Wildman–Crippen MR) is 105 cm³/mol. The van der Waals surface area contributed by atoms with Gasteiger partial charge in [-0.05, 0) is 80.4 Å². The van der Waals surface area contributed by atoms with Gasteiger partial charge in [0.2, 0.25) is 0 Å². The summed E-state index contributed by atoms with van der Waals surface area (Å²) in [6, 6.07) is 10.6. The minimum Gasteiger partial charge on any atom is -0.332 e. The van der Waals surface area contributed by atoms with E-state index in [1.54, 1.807) is 11.3 Å². The molecule has 0 amide bonds. The van der Waals surface area contributed by atoms with Gasteiger partial charge in [0.05, 0.1) is 10.2 Å². The summed E-state index contributed by atoms with van der Waals surface area (Å²) in [4.78, 5) is 4.62. The van der Waals surface area contributed by atoms with Gasteiger partial charge in [-0.1, -0.05) is 23.5 Å². The van der Waals surface area contributed by atoms with Gasteiger partial charge in [-0.2, -0.15) is 0 Å². The topological polar surface area (TPSA) is 37.0 Å². The molecule has 0 saturated carbocycles. The van der Waals surface area contributed by atoms with Gasteiger partial charge >= 0.3 is 0 Å². The Morgan fingerprint density at radius 1 is 0.957 bits per heavy atom. The highest BCUT2D eigenvalue weighted by Gasteiger charge is 2.08. The number of nitrogens with one attached hydrogen (secondary N) is 2. The van der Waals surface area contributed by atoms with Crippen molar-refractivity contribution in [1.29, 1.82) is 0 Å². The van der Waals surface area contributed by atoms with E-state index in [0.29, 0.717) is 5.11 Å². The minimum absolute atomic E-state index is 0.561. The second-order valence-corrected chi connectivity index (χ2v) is 7.26. The number of rotatable bonds is 2. The molecule has 0 aliphatic rings. The van der Waals surface area contributed by atoms with Gasteiger partial charge in [-0.3, -0.25) is 0 Å². The number of thiocarbonyl (C=S) groups is 1. The van der Waals surface area contributed by atoms with Crippen molar-refractivity contribution in [2.45, 2.75) is 27.7 Å². The van der Waals surface area contributed by atoms with Crippen LogP contribution in [0.15, 0.2) is 30.3 Å². The molecule has 0 fully saturated rings. The molecule has 23 heavy (non-hydrogen) atoms. The maximum absolute atomic E-state index is 5.42. The molecule has 0 unspecified atom stereocenters. The first kappa shape index (κ1) is 15.9. The number of anilines is 2. The van der Waals surface area contributed by atoms with Gasteiger partial charge in [0.25, 0.3) is 0 Å². The molecule has 0 aliphatic heterocycles. The Hall–Kier alpha value is -1.98. The lowest BCUT2D eigenvalue weighted by atomic mass is 10.1. The maximum Gasteiger partial charge on any atom is 0.190 e. The Labute approximate surface area is 145 Å². The van der Waals surface area contributed by atoms with E-state index < -0.39 is 0 Å². The Kier molecular flexibility index (Phi) is 4.33. The van der Waals surface area contributed by atoms with Crippen molar-refractivity contribution < 1.29 is 0 Å². The number of fused-ring (bicyclic) bond motifs is 1. The van der Waals surface area contributed by atoms with E-state index in [1.165, 1.54) is 21.4 Å². The number of benzene rings is 2. The van der Waals surface area contributed by atoms with Crippen molar-refractivity contribution in [2.75, 3.05) is 10.6 Å². The highest BCUT2D eigenvalue weighted by Crippen LogP contribution is 2.28. The Morgan fingerprint density at radius 2 is 1.70 bits per heavy atom. The molecule has 0 saturated heterocycles. The zero-order valence-corrected chi connectivity index (χ0v) is 15.3. The van der Waals surface area contributed by atoms with Gasteiger partial charge in [0.15, 0.2) is 10.2 Å². The van der Waals surface area contributed by atoms with Gasteiger partial charge in [-0.15, -0.1) is 0 Å². The van der Waals surface area contributed by atoms with Crippen molar-refractivity contribution in [1.82, 2.24) is 4.98 Å². The second-order valence-electron chi connectivity index (χ2n) is 5.82. The lowest BCUT2D eigenvalue weighted by Crippen LogP contribution is -2.19. The van der Waals surface area contributed by atoms with E-state index in [2.05, 4.69) is 73.6 Å². The van der Waals surface area contributed by atoms with Crippen LogP contribution in [0.1, 0.15) is 22.3 Å². The molecular weight excluding hydrogens is 322 g/mol. The number of aromatic nitrogens is 1. The molecule has 1 heterocycles. The predicted octanol–water partition coefficient (Wildman–Crippen LogP) is 5.34. The highest BCUT2D eigenvalue weighted by atomic mass is 32.1. The van der Waals surface area contributed by atoms with E-state index in [9.17, 15) is 0 Å². The van der Waals surface area contributed by atoms with Crippen LogP contribution in [-0.2, 0) is 0 Å². The molecule has 0 aliphatic carbocycles. The zero-order valence-electron chi connectivity index (χ0n) is 13.7. The lowest BCUT2D eigenvalue weighted by molar-refractivity contribution is 1.35. The number of aryl methyl sites for hydroxylation is 4. The standard InChI is InChI=1S/C18H19N3S2/c1-10-5-6-11(2)14(7-10)19-17(22)21-18-20-15-8-12(3)13(4)9-16(15)23-18/h5-9H,1-4H3,(H2,19,20,21,22). The van der Waals surface area contributed by atoms with Crippen LogP contribution in [0.3, 0.4) is 0 Å². The van der Waals surface area contributed by atoms with Crippen LogP contribution < -0.4 is 10.6 Å². The summed E-state index contributed by atoms with van der Waals surface area (Å²) in [7, 11) is 0. The van der Waals surface area contributed by atoms with Crippen molar-refractivity contribution >= 4 is 49.7 Å². The summed E-state index contributed by atoms with van der Waals surface area (Å²) in [5, 5.41) is 7.82. The molecule has 2 N–H and O–H groups in total. The molecule has 3 rings (SSSR count). The Balaban J connectivity index is 1.78. The molecule has 0 spiro atoms. The Morgan fingerprint density at radius 3 is 2.48 bits per heavy atom. The molecular formula is C18H19N3S2. The van der Waals surface area contributed by atoms with Gasteiger partial charge in [0, 0.05) is 5.69 Å². The number of thiazole rings is 1. The zero-order chi connectivity index (χ0) is 16.6. The number of hydrogen-bond acceptors (Lipinski definition) is 3. The fourth-order valence-corrected chi connectivity index (χ4v) is 3.58. The lowest BCUT2D eigenvalue weighted by Gasteiger charge is -2.11. The van der Waals surface area contributed by atoms with Gasteiger partial charge < -0.3 is 10.6 Å². The van der Waals surface area contributed by atoms with Crippen LogP contribution in [0.4, 0.5) is 10.8 Å². The van der Waals surface area contributed by atoms with Crippen LogP contribution in [0, 0.1) is 27.7 Å². The SMILES string of the molecule is Cc1ccc(C)c(NC(=S)Nc2nc3cc(C)c(C)cc3s2)c1. The first-order valence-electron chi connectivity index (χ1n) is 7.45. The van der Waals surface area contributed by atoms with Crippen molar-refractivity contribution in [3.05, 3.63) is 52.6 Å². The van der Waals surface area contributed by atoms with Crippen molar-refractivity contribution in [2.24, 2.45) is 0 Å².